The predicted molar refractivity (Wildman–Crippen MR) is 156 cm³/mol. The molecule has 1 atom stereocenters. The van der Waals surface area contributed by atoms with Gasteiger partial charge in [0.1, 0.15) is 11.3 Å². The molecule has 0 aliphatic heterocycles. The van der Waals surface area contributed by atoms with E-state index in [0.29, 0.717) is 29.9 Å². The molecule has 0 aliphatic rings. The maximum Gasteiger partial charge on any atom is 0.274 e. The maximum absolute atomic E-state index is 14.3. The second kappa shape index (κ2) is 11.7. The summed E-state index contributed by atoms with van der Waals surface area (Å²) in [5.41, 5.74) is 3.63. The van der Waals surface area contributed by atoms with E-state index >= 15 is 0 Å². The van der Waals surface area contributed by atoms with Gasteiger partial charge >= 0.3 is 0 Å². The molecule has 3 aromatic carbocycles. The van der Waals surface area contributed by atoms with E-state index in [1.165, 1.54) is 11.3 Å². The van der Waals surface area contributed by atoms with Crippen LogP contribution in [0.25, 0.3) is 21.4 Å². The zero-order valence-corrected chi connectivity index (χ0v) is 23.1. The Labute approximate surface area is 232 Å². The Bertz CT molecular complexity index is 1570. The van der Waals surface area contributed by atoms with Crippen LogP contribution in [0.4, 0.5) is 0 Å². The van der Waals surface area contributed by atoms with Crippen LogP contribution in [-0.4, -0.2) is 34.3 Å². The third kappa shape index (κ3) is 5.78. The minimum atomic E-state index is -0.268. The fraction of sp³-hybridized carbons (Fsp3) is 0.219. The molecule has 5 aromatic rings. The first-order valence-corrected chi connectivity index (χ1v) is 13.9. The van der Waals surface area contributed by atoms with E-state index in [0.717, 1.165) is 26.4 Å². The van der Waals surface area contributed by atoms with Crippen molar-refractivity contribution in [1.82, 2.24) is 15.2 Å². The maximum atomic E-state index is 14.3. The number of thiazole rings is 1. The zero-order valence-electron chi connectivity index (χ0n) is 22.3. The molecule has 5 rings (SSSR count). The third-order valence-electron chi connectivity index (χ3n) is 6.81. The Balaban J connectivity index is 1.47. The zero-order chi connectivity index (χ0) is 27.4. The van der Waals surface area contributed by atoms with Gasteiger partial charge in [0.05, 0.1) is 27.8 Å². The van der Waals surface area contributed by atoms with Gasteiger partial charge < -0.3 is 14.6 Å². The number of fused-ring (bicyclic) bond motifs is 1. The van der Waals surface area contributed by atoms with Gasteiger partial charge in [-0.1, -0.05) is 80.6 Å². The van der Waals surface area contributed by atoms with Crippen LogP contribution in [0.5, 0.6) is 0 Å². The summed E-state index contributed by atoms with van der Waals surface area (Å²) in [5, 5.41) is 4.69. The fourth-order valence-corrected chi connectivity index (χ4v) is 5.72. The van der Waals surface area contributed by atoms with E-state index in [1.807, 2.05) is 84.6 Å². The largest absolute Gasteiger partial charge is 0.464 e. The SMILES string of the molecule is Cc1nc(C(=O)N(Cc2ccccc2)[C@@H](CNC(=O)c2cccc3occc23)C(C)C)c(-c2ccccc2)s1. The number of furan rings is 1. The number of aromatic nitrogens is 1. The molecular formula is C32H31N3O3S. The Kier molecular flexibility index (Phi) is 7.89. The van der Waals surface area contributed by atoms with Gasteiger partial charge in [-0.2, -0.15) is 0 Å². The lowest BCUT2D eigenvalue weighted by molar-refractivity contribution is 0.0588. The molecule has 1 N–H and O–H groups in total. The number of nitrogens with zero attached hydrogens (tertiary/aromatic N) is 2. The van der Waals surface area contributed by atoms with Gasteiger partial charge in [0, 0.05) is 18.5 Å². The summed E-state index contributed by atoms with van der Waals surface area (Å²) >= 11 is 1.52. The molecule has 2 aromatic heterocycles. The summed E-state index contributed by atoms with van der Waals surface area (Å²) in [6, 6.07) is 26.8. The highest BCUT2D eigenvalue weighted by molar-refractivity contribution is 7.15. The van der Waals surface area contributed by atoms with Crippen LogP contribution in [0, 0.1) is 12.8 Å². The number of carbonyl (C=O) groups is 2. The van der Waals surface area contributed by atoms with Gasteiger partial charge in [0.15, 0.2) is 0 Å². The predicted octanol–water partition coefficient (Wildman–Crippen LogP) is 6.96. The minimum Gasteiger partial charge on any atom is -0.464 e. The number of hydrogen-bond acceptors (Lipinski definition) is 5. The average molecular weight is 538 g/mol. The standard InChI is InChI=1S/C32H31N3O3S/c1-21(2)27(19-33-31(36)26-15-10-16-28-25(26)17-18-38-28)35(20-23-11-6-4-7-12-23)32(37)29-30(39-22(3)34-29)24-13-8-5-9-14-24/h4-18,21,27H,19-20H2,1-3H3,(H,33,36)/t27-/m0/s1. The molecule has 198 valence electrons. The molecular weight excluding hydrogens is 506 g/mol. The summed E-state index contributed by atoms with van der Waals surface area (Å²) in [6.07, 6.45) is 1.58. The highest BCUT2D eigenvalue weighted by Crippen LogP contribution is 2.32. The number of benzene rings is 3. The van der Waals surface area contributed by atoms with Crippen molar-refractivity contribution in [2.24, 2.45) is 5.92 Å². The van der Waals surface area contributed by atoms with Crippen molar-refractivity contribution in [2.75, 3.05) is 6.54 Å². The molecule has 0 bridgehead atoms. The Morgan fingerprint density at radius 2 is 1.67 bits per heavy atom. The van der Waals surface area contributed by atoms with E-state index in [1.54, 1.807) is 18.4 Å². The van der Waals surface area contributed by atoms with Gasteiger partial charge in [-0.3, -0.25) is 9.59 Å². The van der Waals surface area contributed by atoms with Crippen molar-refractivity contribution in [2.45, 2.75) is 33.4 Å². The molecule has 2 heterocycles. The van der Waals surface area contributed by atoms with E-state index in [2.05, 4.69) is 19.2 Å². The Hall–Kier alpha value is -4.23. The van der Waals surface area contributed by atoms with Crippen molar-refractivity contribution in [1.29, 1.82) is 0 Å². The van der Waals surface area contributed by atoms with Crippen LogP contribution in [-0.2, 0) is 6.54 Å². The monoisotopic (exact) mass is 537 g/mol. The second-order valence-corrected chi connectivity index (χ2v) is 11.1. The van der Waals surface area contributed by atoms with Gasteiger partial charge in [0.2, 0.25) is 0 Å². The molecule has 6 nitrogen and oxygen atoms in total. The topological polar surface area (TPSA) is 75.4 Å². The smallest absolute Gasteiger partial charge is 0.274 e. The molecule has 39 heavy (non-hydrogen) atoms. The number of carbonyl (C=O) groups excluding carboxylic acids is 2. The number of rotatable bonds is 9. The van der Waals surface area contributed by atoms with Crippen LogP contribution in [0.1, 0.15) is 45.3 Å². The first-order chi connectivity index (χ1) is 18.9. The number of amides is 2. The summed E-state index contributed by atoms with van der Waals surface area (Å²) in [7, 11) is 0. The van der Waals surface area contributed by atoms with Gasteiger partial charge in [-0.25, -0.2) is 4.98 Å². The molecule has 0 spiro atoms. The molecule has 0 fully saturated rings. The van der Waals surface area contributed by atoms with Crippen molar-refractivity contribution in [3.05, 3.63) is 113 Å². The number of nitrogens with one attached hydrogen (secondary N) is 1. The molecule has 0 saturated carbocycles. The lowest BCUT2D eigenvalue weighted by Gasteiger charge is -2.35. The molecule has 7 heteroatoms. The summed E-state index contributed by atoms with van der Waals surface area (Å²) in [5.74, 6) is -0.274. The Morgan fingerprint density at radius 3 is 2.38 bits per heavy atom. The number of aryl methyl sites for hydroxylation is 1. The molecule has 0 saturated heterocycles. The fourth-order valence-electron chi connectivity index (χ4n) is 4.80. The van der Waals surface area contributed by atoms with Gasteiger partial charge in [-0.15, -0.1) is 11.3 Å². The van der Waals surface area contributed by atoms with Crippen molar-refractivity contribution in [3.63, 3.8) is 0 Å². The quantitative estimate of drug-likeness (QED) is 0.221. The Morgan fingerprint density at radius 1 is 0.949 bits per heavy atom. The lowest BCUT2D eigenvalue weighted by atomic mass is 10.00. The highest BCUT2D eigenvalue weighted by atomic mass is 32.1. The molecule has 0 aliphatic carbocycles. The average Bonchev–Trinajstić information content (AvgIpc) is 3.59. The van der Waals surface area contributed by atoms with Gasteiger partial charge in [-0.05, 0) is 42.2 Å². The van der Waals surface area contributed by atoms with Crippen molar-refractivity contribution < 1.29 is 14.0 Å². The van der Waals surface area contributed by atoms with Crippen molar-refractivity contribution >= 4 is 34.1 Å². The van der Waals surface area contributed by atoms with E-state index in [4.69, 9.17) is 9.40 Å². The van der Waals surface area contributed by atoms with Crippen LogP contribution in [0.3, 0.4) is 0 Å². The lowest BCUT2D eigenvalue weighted by Crippen LogP contribution is -2.49. The first kappa shape index (κ1) is 26.4. The molecule has 0 unspecified atom stereocenters. The second-order valence-electron chi connectivity index (χ2n) is 9.85. The summed E-state index contributed by atoms with van der Waals surface area (Å²) in [4.78, 5) is 35.0. The van der Waals surface area contributed by atoms with Gasteiger partial charge in [0.25, 0.3) is 11.8 Å². The molecule has 2 amide bonds. The van der Waals surface area contributed by atoms with Crippen LogP contribution in [0.2, 0.25) is 0 Å². The minimum absolute atomic E-state index is 0.0718. The third-order valence-corrected chi connectivity index (χ3v) is 7.83. The highest BCUT2D eigenvalue weighted by Gasteiger charge is 2.31. The number of hydrogen-bond donors (Lipinski definition) is 1. The molecule has 0 radical (unpaired) electrons. The summed E-state index contributed by atoms with van der Waals surface area (Å²) < 4.78 is 5.47. The van der Waals surface area contributed by atoms with Crippen LogP contribution < -0.4 is 5.32 Å². The van der Waals surface area contributed by atoms with Crippen LogP contribution in [0.15, 0.2) is 95.6 Å². The van der Waals surface area contributed by atoms with E-state index in [-0.39, 0.29) is 23.8 Å². The first-order valence-electron chi connectivity index (χ1n) is 13.0. The normalized spacial score (nSPS) is 12.0. The summed E-state index contributed by atoms with van der Waals surface area (Å²) in [6.45, 7) is 6.77. The van der Waals surface area contributed by atoms with Crippen LogP contribution >= 0.6 is 11.3 Å². The van der Waals surface area contributed by atoms with Crippen molar-refractivity contribution in [3.8, 4) is 10.4 Å². The van der Waals surface area contributed by atoms with E-state index < -0.39 is 0 Å². The van der Waals surface area contributed by atoms with E-state index in [9.17, 15) is 9.59 Å².